The molecule has 1 aliphatic heterocycles. The maximum absolute atomic E-state index is 3.48. The molecule has 3 heteroatoms. The molecule has 23 heavy (non-hydrogen) atoms. The van der Waals surface area contributed by atoms with Gasteiger partial charge >= 0.3 is 0 Å². The van der Waals surface area contributed by atoms with E-state index in [9.17, 15) is 0 Å². The summed E-state index contributed by atoms with van der Waals surface area (Å²) in [6, 6.07) is 17.3. The van der Waals surface area contributed by atoms with Gasteiger partial charge in [0.25, 0.3) is 0 Å². The van der Waals surface area contributed by atoms with Crippen LogP contribution in [0, 0.1) is 0 Å². The molecule has 1 fully saturated rings. The Bertz CT molecular complexity index is 653. The molecule has 3 rings (SSSR count). The normalized spacial score (nSPS) is 16.5. The third kappa shape index (κ3) is 4.54. The van der Waals surface area contributed by atoms with Crippen LogP contribution in [0.5, 0.6) is 0 Å². The highest BCUT2D eigenvalue weighted by molar-refractivity contribution is 9.10. The summed E-state index contributed by atoms with van der Waals surface area (Å²) in [4.78, 5) is 2.50. The van der Waals surface area contributed by atoms with Crippen molar-refractivity contribution >= 4 is 21.5 Å². The van der Waals surface area contributed by atoms with Crippen molar-refractivity contribution in [1.82, 2.24) is 10.2 Å². The van der Waals surface area contributed by atoms with Gasteiger partial charge in [-0.05, 0) is 41.3 Å². The second kappa shape index (κ2) is 7.91. The fourth-order valence-electron chi connectivity index (χ4n) is 2.85. The molecule has 2 aromatic rings. The van der Waals surface area contributed by atoms with Crippen LogP contribution in [-0.4, -0.2) is 37.6 Å². The first kappa shape index (κ1) is 16.4. The Hall–Kier alpha value is -1.42. The van der Waals surface area contributed by atoms with E-state index in [2.05, 4.69) is 87.7 Å². The molecule has 0 saturated carbocycles. The van der Waals surface area contributed by atoms with Crippen LogP contribution >= 0.6 is 15.9 Å². The van der Waals surface area contributed by atoms with E-state index in [1.165, 1.54) is 22.3 Å². The molecular weight excluding hydrogens is 348 g/mol. The molecule has 0 radical (unpaired) electrons. The lowest BCUT2D eigenvalue weighted by Gasteiger charge is -2.26. The number of piperazine rings is 1. The fourth-order valence-corrected chi connectivity index (χ4v) is 3.11. The minimum atomic E-state index is 1.04. The van der Waals surface area contributed by atoms with Crippen LogP contribution in [0.4, 0.5) is 0 Å². The molecule has 2 nitrogen and oxygen atoms in total. The van der Waals surface area contributed by atoms with Crippen molar-refractivity contribution in [3.05, 3.63) is 64.6 Å². The number of hydrogen-bond acceptors (Lipinski definition) is 2. The van der Waals surface area contributed by atoms with Gasteiger partial charge in [0.1, 0.15) is 0 Å². The van der Waals surface area contributed by atoms with Gasteiger partial charge < -0.3 is 5.32 Å². The third-order valence-corrected chi connectivity index (χ3v) is 4.91. The SMILES string of the molecule is CC(=CCN1CCNCC1)c1ccc(-c2ccc(Br)cc2)cc1. The second-order valence-electron chi connectivity index (χ2n) is 6.02. The molecular formula is C20H23BrN2. The molecule has 1 aliphatic rings. The third-order valence-electron chi connectivity index (χ3n) is 4.38. The number of nitrogens with zero attached hydrogens (tertiary/aromatic N) is 1. The quantitative estimate of drug-likeness (QED) is 0.856. The Labute approximate surface area is 147 Å². The Morgan fingerprint density at radius 3 is 2.17 bits per heavy atom. The highest BCUT2D eigenvalue weighted by atomic mass is 79.9. The minimum absolute atomic E-state index is 1.04. The van der Waals surface area contributed by atoms with Crippen molar-refractivity contribution in [2.24, 2.45) is 0 Å². The average molecular weight is 371 g/mol. The largest absolute Gasteiger partial charge is 0.314 e. The number of hydrogen-bond donors (Lipinski definition) is 1. The summed E-state index contributed by atoms with van der Waals surface area (Å²) < 4.78 is 1.12. The van der Waals surface area contributed by atoms with Crippen molar-refractivity contribution < 1.29 is 0 Å². The van der Waals surface area contributed by atoms with Crippen LogP contribution in [0.2, 0.25) is 0 Å². The Morgan fingerprint density at radius 2 is 1.57 bits per heavy atom. The monoisotopic (exact) mass is 370 g/mol. The molecule has 0 spiro atoms. The number of halogens is 1. The topological polar surface area (TPSA) is 15.3 Å². The maximum Gasteiger partial charge on any atom is 0.0175 e. The Balaban J connectivity index is 1.67. The summed E-state index contributed by atoms with van der Waals surface area (Å²) in [5, 5.41) is 3.39. The first-order valence-corrected chi connectivity index (χ1v) is 8.98. The van der Waals surface area contributed by atoms with Gasteiger partial charge in [-0.1, -0.05) is 58.4 Å². The molecule has 0 unspecified atom stereocenters. The molecule has 1 heterocycles. The van der Waals surface area contributed by atoms with Crippen molar-refractivity contribution in [2.45, 2.75) is 6.92 Å². The first-order valence-electron chi connectivity index (χ1n) is 8.18. The molecule has 2 aromatic carbocycles. The minimum Gasteiger partial charge on any atom is -0.314 e. The van der Waals surface area contributed by atoms with Crippen LogP contribution < -0.4 is 5.32 Å². The van der Waals surface area contributed by atoms with Gasteiger partial charge in [-0.2, -0.15) is 0 Å². The Kier molecular flexibility index (Phi) is 5.65. The zero-order chi connectivity index (χ0) is 16.1. The number of allylic oxidation sites excluding steroid dienone is 1. The maximum atomic E-state index is 3.48. The lowest BCUT2D eigenvalue weighted by Crippen LogP contribution is -2.43. The van der Waals surface area contributed by atoms with Crippen molar-refractivity contribution in [3.8, 4) is 11.1 Å². The van der Waals surface area contributed by atoms with Crippen LogP contribution in [0.1, 0.15) is 12.5 Å². The van der Waals surface area contributed by atoms with Gasteiger partial charge in [0.2, 0.25) is 0 Å². The number of benzene rings is 2. The summed E-state index contributed by atoms with van der Waals surface area (Å²) in [7, 11) is 0. The number of rotatable bonds is 4. The van der Waals surface area contributed by atoms with Crippen LogP contribution in [0.15, 0.2) is 59.1 Å². The lowest BCUT2D eigenvalue weighted by atomic mass is 10.0. The van der Waals surface area contributed by atoms with E-state index in [4.69, 9.17) is 0 Å². The highest BCUT2D eigenvalue weighted by Crippen LogP contribution is 2.24. The van der Waals surface area contributed by atoms with Crippen molar-refractivity contribution in [1.29, 1.82) is 0 Å². The van der Waals surface area contributed by atoms with Gasteiger partial charge in [0.15, 0.2) is 0 Å². The summed E-state index contributed by atoms with van der Waals surface area (Å²) in [5.41, 5.74) is 5.17. The standard InChI is InChI=1S/C20H23BrN2/c1-16(10-13-23-14-11-22-12-15-23)17-2-4-18(5-3-17)19-6-8-20(21)9-7-19/h2-10,22H,11-15H2,1H3. The smallest absolute Gasteiger partial charge is 0.0175 e. The van der Waals surface area contributed by atoms with Crippen LogP contribution in [0.3, 0.4) is 0 Å². The fraction of sp³-hybridized carbons (Fsp3) is 0.300. The van der Waals surface area contributed by atoms with Gasteiger partial charge in [-0.3, -0.25) is 4.90 Å². The zero-order valence-electron chi connectivity index (χ0n) is 13.6. The van der Waals surface area contributed by atoms with E-state index in [1.807, 2.05) is 0 Å². The van der Waals surface area contributed by atoms with Gasteiger partial charge in [0, 0.05) is 37.2 Å². The van der Waals surface area contributed by atoms with Crippen molar-refractivity contribution in [3.63, 3.8) is 0 Å². The molecule has 0 amide bonds. The molecule has 1 saturated heterocycles. The summed E-state index contributed by atoms with van der Waals surface area (Å²) in [6.45, 7) is 7.75. The summed E-state index contributed by atoms with van der Waals surface area (Å²) >= 11 is 3.48. The number of nitrogens with one attached hydrogen (secondary N) is 1. The lowest BCUT2D eigenvalue weighted by molar-refractivity contribution is 0.265. The van der Waals surface area contributed by atoms with Crippen molar-refractivity contribution in [2.75, 3.05) is 32.7 Å². The summed E-state index contributed by atoms with van der Waals surface area (Å²) in [6.07, 6.45) is 2.35. The predicted molar refractivity (Wildman–Crippen MR) is 103 cm³/mol. The van der Waals surface area contributed by atoms with E-state index < -0.39 is 0 Å². The van der Waals surface area contributed by atoms with Gasteiger partial charge in [0.05, 0.1) is 0 Å². The van der Waals surface area contributed by atoms with E-state index in [1.54, 1.807) is 0 Å². The molecule has 0 atom stereocenters. The molecule has 0 bridgehead atoms. The highest BCUT2D eigenvalue weighted by Gasteiger charge is 2.07. The summed E-state index contributed by atoms with van der Waals surface area (Å²) in [5.74, 6) is 0. The van der Waals surface area contributed by atoms with E-state index in [0.717, 1.165) is 37.2 Å². The van der Waals surface area contributed by atoms with Gasteiger partial charge in [-0.25, -0.2) is 0 Å². The molecule has 1 N–H and O–H groups in total. The molecule has 0 aromatic heterocycles. The first-order chi connectivity index (χ1) is 11.2. The van der Waals surface area contributed by atoms with Crippen LogP contribution in [-0.2, 0) is 0 Å². The van der Waals surface area contributed by atoms with E-state index >= 15 is 0 Å². The Morgan fingerprint density at radius 1 is 1.00 bits per heavy atom. The zero-order valence-corrected chi connectivity index (χ0v) is 15.1. The second-order valence-corrected chi connectivity index (χ2v) is 6.94. The van der Waals surface area contributed by atoms with E-state index in [0.29, 0.717) is 0 Å². The van der Waals surface area contributed by atoms with E-state index in [-0.39, 0.29) is 0 Å². The van der Waals surface area contributed by atoms with Gasteiger partial charge in [-0.15, -0.1) is 0 Å². The molecule has 120 valence electrons. The molecule has 0 aliphatic carbocycles. The average Bonchev–Trinajstić information content (AvgIpc) is 2.61. The predicted octanol–water partition coefficient (Wildman–Crippen LogP) is 4.42. The van der Waals surface area contributed by atoms with Crippen LogP contribution in [0.25, 0.3) is 16.7 Å².